The Labute approximate surface area is 116 Å². The molecule has 2 amide bonds. The first-order valence-corrected chi connectivity index (χ1v) is 6.26. The molecular formula is C13H15ClN2O3. The van der Waals surface area contributed by atoms with E-state index in [1.165, 1.54) is 7.11 Å². The van der Waals surface area contributed by atoms with Crippen LogP contribution in [0.1, 0.15) is 18.0 Å². The number of likely N-dealkylation sites (tertiary alicyclic amines) is 1. The lowest BCUT2D eigenvalue weighted by atomic mass is 9.93. The summed E-state index contributed by atoms with van der Waals surface area (Å²) in [6.45, 7) is 0. The van der Waals surface area contributed by atoms with E-state index in [-0.39, 0.29) is 24.3 Å². The zero-order valence-electron chi connectivity index (χ0n) is 10.7. The minimum atomic E-state index is -0.476. The Hall–Kier alpha value is -1.59. The first-order valence-electron chi connectivity index (χ1n) is 5.88. The van der Waals surface area contributed by atoms with Crippen LogP contribution in [0.3, 0.4) is 0 Å². The van der Waals surface area contributed by atoms with Gasteiger partial charge in [-0.3, -0.25) is 14.4 Å². The van der Waals surface area contributed by atoms with Gasteiger partial charge in [-0.25, -0.2) is 5.48 Å². The molecule has 1 aromatic carbocycles. The zero-order valence-corrected chi connectivity index (χ0v) is 11.5. The van der Waals surface area contributed by atoms with Gasteiger partial charge in [0, 0.05) is 18.5 Å². The number of nitrogens with one attached hydrogen (secondary N) is 1. The molecule has 2 rings (SSSR count). The number of hydrogen-bond acceptors (Lipinski definition) is 3. The zero-order chi connectivity index (χ0) is 14.0. The second-order valence-corrected chi connectivity index (χ2v) is 4.92. The van der Waals surface area contributed by atoms with Crippen LogP contribution in [0.5, 0.6) is 0 Å². The Morgan fingerprint density at radius 1 is 1.53 bits per heavy atom. The number of carbonyl (C=O) groups is 2. The lowest BCUT2D eigenvalue weighted by Crippen LogP contribution is -2.33. The normalized spacial score (nSPS) is 22.7. The maximum atomic E-state index is 12.0. The van der Waals surface area contributed by atoms with Crippen molar-refractivity contribution < 1.29 is 14.4 Å². The fourth-order valence-electron chi connectivity index (χ4n) is 2.43. The molecule has 6 heteroatoms. The summed E-state index contributed by atoms with van der Waals surface area (Å²) in [6.07, 6.45) is 0.170. The summed E-state index contributed by atoms with van der Waals surface area (Å²) in [7, 11) is 3.06. The van der Waals surface area contributed by atoms with E-state index >= 15 is 0 Å². The van der Waals surface area contributed by atoms with Crippen molar-refractivity contribution in [3.05, 3.63) is 34.9 Å². The predicted octanol–water partition coefficient (Wildman–Crippen LogP) is 1.54. The Bertz CT molecular complexity index is 506. The number of hydrogen-bond donors (Lipinski definition) is 1. The third-order valence-electron chi connectivity index (χ3n) is 3.32. The molecule has 0 saturated carbocycles. The average molecular weight is 283 g/mol. The summed E-state index contributed by atoms with van der Waals surface area (Å²) in [5, 5.41) is 0.580. The minimum Gasteiger partial charge on any atom is -0.338 e. The van der Waals surface area contributed by atoms with E-state index in [1.54, 1.807) is 30.1 Å². The molecular weight excluding hydrogens is 268 g/mol. The number of halogens is 1. The molecule has 0 unspecified atom stereocenters. The summed E-state index contributed by atoms with van der Waals surface area (Å²) < 4.78 is 0. The Morgan fingerprint density at radius 3 is 2.89 bits per heavy atom. The van der Waals surface area contributed by atoms with Crippen molar-refractivity contribution in [2.75, 3.05) is 14.2 Å². The van der Waals surface area contributed by atoms with Crippen molar-refractivity contribution >= 4 is 23.4 Å². The number of benzene rings is 1. The molecule has 1 saturated heterocycles. The van der Waals surface area contributed by atoms with Crippen LogP contribution in [0.25, 0.3) is 0 Å². The first kappa shape index (κ1) is 13.8. The Morgan fingerprint density at radius 2 is 2.26 bits per heavy atom. The second-order valence-electron chi connectivity index (χ2n) is 4.49. The van der Waals surface area contributed by atoms with Crippen LogP contribution < -0.4 is 5.48 Å². The monoisotopic (exact) mass is 282 g/mol. The van der Waals surface area contributed by atoms with Gasteiger partial charge in [0.2, 0.25) is 11.8 Å². The van der Waals surface area contributed by atoms with Crippen LogP contribution >= 0.6 is 11.6 Å². The highest BCUT2D eigenvalue weighted by atomic mass is 35.5. The average Bonchev–Trinajstić information content (AvgIpc) is 2.66. The smallest absolute Gasteiger partial charge is 0.249 e. The highest BCUT2D eigenvalue weighted by Crippen LogP contribution is 2.37. The van der Waals surface area contributed by atoms with E-state index in [0.717, 1.165) is 5.56 Å². The first-order chi connectivity index (χ1) is 9.04. The van der Waals surface area contributed by atoms with Gasteiger partial charge in [0.1, 0.15) is 0 Å². The fraction of sp³-hybridized carbons (Fsp3) is 0.385. The van der Waals surface area contributed by atoms with Gasteiger partial charge in [-0.1, -0.05) is 23.7 Å². The molecule has 5 nitrogen and oxygen atoms in total. The van der Waals surface area contributed by atoms with Gasteiger partial charge in [-0.05, 0) is 17.7 Å². The minimum absolute atomic E-state index is 0.0683. The molecule has 19 heavy (non-hydrogen) atoms. The summed E-state index contributed by atoms with van der Waals surface area (Å²) in [5.74, 6) is -0.845. The van der Waals surface area contributed by atoms with E-state index in [4.69, 9.17) is 11.6 Å². The van der Waals surface area contributed by atoms with Crippen molar-refractivity contribution in [2.45, 2.75) is 12.5 Å². The third-order valence-corrected chi connectivity index (χ3v) is 3.55. The van der Waals surface area contributed by atoms with E-state index in [9.17, 15) is 9.59 Å². The molecule has 0 aliphatic carbocycles. The maximum Gasteiger partial charge on any atom is 0.249 e. The topological polar surface area (TPSA) is 58.6 Å². The van der Waals surface area contributed by atoms with Crippen molar-refractivity contribution in [3.8, 4) is 0 Å². The predicted molar refractivity (Wildman–Crippen MR) is 70.2 cm³/mol. The van der Waals surface area contributed by atoms with Crippen LogP contribution in [0.2, 0.25) is 5.02 Å². The summed E-state index contributed by atoms with van der Waals surface area (Å²) >= 11 is 5.97. The van der Waals surface area contributed by atoms with Crippen LogP contribution in [0.4, 0.5) is 0 Å². The summed E-state index contributed by atoms with van der Waals surface area (Å²) in [5.41, 5.74) is 3.14. The maximum absolute atomic E-state index is 12.0. The standard InChI is InChI=1S/C13H15ClN2O3/c1-16-11(17)7-10(13(18)15-19-2)12(16)8-4-3-5-9(14)6-8/h3-6,10,12H,7H2,1-2H3,(H,15,18)/t10-,12-/m0/s1. The molecule has 1 heterocycles. The molecule has 0 bridgehead atoms. The van der Waals surface area contributed by atoms with Gasteiger partial charge in [0.25, 0.3) is 0 Å². The van der Waals surface area contributed by atoms with E-state index in [2.05, 4.69) is 10.3 Å². The van der Waals surface area contributed by atoms with Gasteiger partial charge < -0.3 is 4.90 Å². The molecule has 0 radical (unpaired) electrons. The van der Waals surface area contributed by atoms with E-state index < -0.39 is 5.92 Å². The summed E-state index contributed by atoms with van der Waals surface area (Å²) in [4.78, 5) is 30.0. The fourth-order valence-corrected chi connectivity index (χ4v) is 2.63. The van der Waals surface area contributed by atoms with Crippen LogP contribution in [0, 0.1) is 5.92 Å². The third kappa shape index (κ3) is 2.72. The van der Waals surface area contributed by atoms with Crippen molar-refractivity contribution in [1.82, 2.24) is 10.4 Å². The van der Waals surface area contributed by atoms with Crippen molar-refractivity contribution in [1.29, 1.82) is 0 Å². The lowest BCUT2D eigenvalue weighted by Gasteiger charge is -2.24. The number of rotatable bonds is 3. The Balaban J connectivity index is 2.33. The van der Waals surface area contributed by atoms with Crippen LogP contribution in [-0.4, -0.2) is 30.9 Å². The number of hydroxylamine groups is 1. The SMILES string of the molecule is CONC(=O)[C@H]1CC(=O)N(C)[C@H]1c1cccc(Cl)c1. The number of amides is 2. The van der Waals surface area contributed by atoms with Gasteiger partial charge in [0.15, 0.2) is 0 Å². The number of nitrogens with zero attached hydrogens (tertiary/aromatic N) is 1. The molecule has 102 valence electrons. The molecule has 2 atom stereocenters. The largest absolute Gasteiger partial charge is 0.338 e. The van der Waals surface area contributed by atoms with Crippen molar-refractivity contribution in [2.24, 2.45) is 5.92 Å². The van der Waals surface area contributed by atoms with Gasteiger partial charge in [0.05, 0.1) is 19.1 Å². The highest BCUT2D eigenvalue weighted by molar-refractivity contribution is 6.30. The molecule has 1 fully saturated rings. The molecule has 0 aromatic heterocycles. The second kappa shape index (κ2) is 5.59. The molecule has 0 spiro atoms. The Kier molecular flexibility index (Phi) is 4.07. The molecule has 1 aromatic rings. The molecule has 1 aliphatic heterocycles. The number of carbonyl (C=O) groups excluding carboxylic acids is 2. The van der Waals surface area contributed by atoms with Gasteiger partial charge >= 0.3 is 0 Å². The van der Waals surface area contributed by atoms with Gasteiger partial charge in [-0.15, -0.1) is 0 Å². The van der Waals surface area contributed by atoms with Gasteiger partial charge in [-0.2, -0.15) is 0 Å². The van der Waals surface area contributed by atoms with E-state index in [1.807, 2.05) is 6.07 Å². The lowest BCUT2D eigenvalue weighted by molar-refractivity contribution is -0.136. The quantitative estimate of drug-likeness (QED) is 0.856. The summed E-state index contributed by atoms with van der Waals surface area (Å²) in [6, 6.07) is 6.88. The molecule has 1 aliphatic rings. The highest BCUT2D eigenvalue weighted by Gasteiger charge is 2.42. The van der Waals surface area contributed by atoms with Crippen LogP contribution in [0.15, 0.2) is 24.3 Å². The van der Waals surface area contributed by atoms with Crippen LogP contribution in [-0.2, 0) is 14.4 Å². The molecule has 1 N–H and O–H groups in total. The van der Waals surface area contributed by atoms with Crippen molar-refractivity contribution in [3.63, 3.8) is 0 Å². The van der Waals surface area contributed by atoms with E-state index in [0.29, 0.717) is 5.02 Å².